The van der Waals surface area contributed by atoms with Crippen molar-refractivity contribution in [2.45, 2.75) is 59.2 Å². The molecule has 2 atom stereocenters. The van der Waals surface area contributed by atoms with E-state index in [2.05, 4.69) is 18.0 Å². The van der Waals surface area contributed by atoms with Gasteiger partial charge in [-0.1, -0.05) is 44.2 Å². The van der Waals surface area contributed by atoms with E-state index in [0.29, 0.717) is 18.9 Å². The Labute approximate surface area is 184 Å². The van der Waals surface area contributed by atoms with Gasteiger partial charge in [-0.3, -0.25) is 4.79 Å². The first kappa shape index (κ1) is 23.0. The number of aryl methyl sites for hydroxylation is 2. The van der Waals surface area contributed by atoms with Gasteiger partial charge >= 0.3 is 0 Å². The standard InChI is InChI=1S/C25H33N3O3/c1-6-19-12-10-11-17(3)24(19)28(18(4)16-31-5)23(30)15-27-21-14-9-8-13-20(21)26-25(27)22(29)7-2/h8-14,18,22,29H,6-7,15-16H2,1-5H3/t18-,22-/m1/s1. The lowest BCUT2D eigenvalue weighted by atomic mass is 10.0. The zero-order valence-electron chi connectivity index (χ0n) is 19.1. The van der Waals surface area contributed by atoms with E-state index in [0.717, 1.165) is 34.3 Å². The number of hydrogen-bond donors (Lipinski definition) is 1. The number of anilines is 1. The number of hydrogen-bond acceptors (Lipinski definition) is 4. The van der Waals surface area contributed by atoms with Gasteiger partial charge in [0.15, 0.2) is 0 Å². The van der Waals surface area contributed by atoms with Crippen LogP contribution in [-0.2, 0) is 22.5 Å². The van der Waals surface area contributed by atoms with Crippen LogP contribution < -0.4 is 4.90 Å². The fourth-order valence-corrected chi connectivity index (χ4v) is 4.17. The molecule has 31 heavy (non-hydrogen) atoms. The molecular weight excluding hydrogens is 390 g/mol. The van der Waals surface area contributed by atoms with Crippen LogP contribution in [0.25, 0.3) is 11.0 Å². The lowest BCUT2D eigenvalue weighted by molar-refractivity contribution is -0.119. The Morgan fingerprint density at radius 3 is 2.61 bits per heavy atom. The number of benzene rings is 2. The molecule has 0 bridgehead atoms. The summed E-state index contributed by atoms with van der Waals surface area (Å²) in [6.45, 7) is 8.57. The van der Waals surface area contributed by atoms with Crippen molar-refractivity contribution < 1.29 is 14.6 Å². The number of imidazole rings is 1. The minimum atomic E-state index is -0.727. The molecule has 0 radical (unpaired) electrons. The third-order valence-electron chi connectivity index (χ3n) is 5.72. The minimum Gasteiger partial charge on any atom is -0.385 e. The molecule has 1 N–H and O–H groups in total. The van der Waals surface area contributed by atoms with Crippen molar-refractivity contribution in [3.05, 3.63) is 59.4 Å². The average molecular weight is 424 g/mol. The fraction of sp³-hybridized carbons (Fsp3) is 0.440. The molecule has 6 nitrogen and oxygen atoms in total. The largest absolute Gasteiger partial charge is 0.385 e. The Morgan fingerprint density at radius 2 is 1.94 bits per heavy atom. The summed E-state index contributed by atoms with van der Waals surface area (Å²) in [5.74, 6) is 0.471. The summed E-state index contributed by atoms with van der Waals surface area (Å²) in [5.41, 5.74) is 4.75. The molecule has 6 heteroatoms. The number of amides is 1. The number of methoxy groups -OCH3 is 1. The molecule has 3 aromatic rings. The highest BCUT2D eigenvalue weighted by Crippen LogP contribution is 2.29. The molecule has 3 rings (SSSR count). The molecule has 0 aliphatic rings. The number of rotatable bonds is 9. The van der Waals surface area contributed by atoms with E-state index in [4.69, 9.17) is 4.74 Å². The van der Waals surface area contributed by atoms with Crippen LogP contribution in [0.5, 0.6) is 0 Å². The van der Waals surface area contributed by atoms with E-state index in [1.807, 2.05) is 66.6 Å². The van der Waals surface area contributed by atoms with Gasteiger partial charge in [0.05, 0.1) is 29.4 Å². The smallest absolute Gasteiger partial charge is 0.247 e. The number of ether oxygens (including phenoxy) is 1. The Balaban J connectivity index is 2.09. The highest BCUT2D eigenvalue weighted by molar-refractivity contribution is 5.96. The SMILES string of the molecule is CCc1cccc(C)c1N(C(=O)Cn1c([C@H](O)CC)nc2ccccc21)[C@H](C)COC. The maximum atomic E-state index is 13.8. The van der Waals surface area contributed by atoms with E-state index in [1.54, 1.807) is 7.11 Å². The fourth-order valence-electron chi connectivity index (χ4n) is 4.17. The Morgan fingerprint density at radius 1 is 1.19 bits per heavy atom. The zero-order chi connectivity index (χ0) is 22.5. The molecular formula is C25H33N3O3. The van der Waals surface area contributed by atoms with Crippen molar-refractivity contribution in [2.24, 2.45) is 0 Å². The molecule has 0 fully saturated rings. The Kier molecular flexibility index (Phi) is 7.46. The minimum absolute atomic E-state index is 0.0544. The number of aliphatic hydroxyl groups excluding tert-OH is 1. The van der Waals surface area contributed by atoms with Crippen LogP contribution in [0.4, 0.5) is 5.69 Å². The highest BCUT2D eigenvalue weighted by Gasteiger charge is 2.27. The lowest BCUT2D eigenvalue weighted by Crippen LogP contribution is -2.44. The second-order valence-corrected chi connectivity index (χ2v) is 7.97. The summed E-state index contributed by atoms with van der Waals surface area (Å²) < 4.78 is 7.25. The predicted molar refractivity (Wildman–Crippen MR) is 124 cm³/mol. The first-order chi connectivity index (χ1) is 14.9. The Bertz CT molecular complexity index is 1040. The molecule has 0 saturated heterocycles. The average Bonchev–Trinajstić information content (AvgIpc) is 3.13. The van der Waals surface area contributed by atoms with Crippen LogP contribution in [0.3, 0.4) is 0 Å². The maximum Gasteiger partial charge on any atom is 0.247 e. The van der Waals surface area contributed by atoms with E-state index < -0.39 is 6.10 Å². The monoisotopic (exact) mass is 423 g/mol. The van der Waals surface area contributed by atoms with Crippen LogP contribution in [0.2, 0.25) is 0 Å². The molecule has 1 heterocycles. The van der Waals surface area contributed by atoms with E-state index >= 15 is 0 Å². The molecule has 2 aromatic carbocycles. The highest BCUT2D eigenvalue weighted by atomic mass is 16.5. The van der Waals surface area contributed by atoms with Gasteiger partial charge in [0.2, 0.25) is 5.91 Å². The summed E-state index contributed by atoms with van der Waals surface area (Å²) >= 11 is 0. The summed E-state index contributed by atoms with van der Waals surface area (Å²) in [6, 6.07) is 13.7. The lowest BCUT2D eigenvalue weighted by Gasteiger charge is -2.32. The summed E-state index contributed by atoms with van der Waals surface area (Å²) in [4.78, 5) is 20.3. The van der Waals surface area contributed by atoms with Crippen molar-refractivity contribution >= 4 is 22.6 Å². The predicted octanol–water partition coefficient (Wildman–Crippen LogP) is 4.42. The third kappa shape index (κ3) is 4.65. The first-order valence-corrected chi connectivity index (χ1v) is 11.0. The van der Waals surface area contributed by atoms with Crippen LogP contribution in [0.1, 0.15) is 50.2 Å². The number of aromatic nitrogens is 2. The molecule has 0 unspecified atom stereocenters. The van der Waals surface area contributed by atoms with Crippen LogP contribution in [0, 0.1) is 6.92 Å². The van der Waals surface area contributed by atoms with Gasteiger partial charge in [-0.15, -0.1) is 0 Å². The summed E-state index contributed by atoms with van der Waals surface area (Å²) in [5, 5.41) is 10.6. The Hall–Kier alpha value is -2.70. The van der Waals surface area contributed by atoms with Gasteiger partial charge in [0, 0.05) is 7.11 Å². The number of nitrogens with zero attached hydrogens (tertiary/aromatic N) is 3. The van der Waals surface area contributed by atoms with Crippen molar-refractivity contribution in [1.29, 1.82) is 0 Å². The van der Waals surface area contributed by atoms with Crippen molar-refractivity contribution in [3.63, 3.8) is 0 Å². The number of aliphatic hydroxyl groups is 1. The molecule has 0 spiro atoms. The van der Waals surface area contributed by atoms with Gasteiger partial charge < -0.3 is 19.3 Å². The van der Waals surface area contributed by atoms with Gasteiger partial charge in [-0.2, -0.15) is 0 Å². The summed E-state index contributed by atoms with van der Waals surface area (Å²) in [6.07, 6.45) is 0.627. The summed E-state index contributed by atoms with van der Waals surface area (Å²) in [7, 11) is 1.65. The normalized spacial score (nSPS) is 13.4. The van der Waals surface area contributed by atoms with Crippen molar-refractivity contribution in [2.75, 3.05) is 18.6 Å². The molecule has 0 saturated carbocycles. The number of fused-ring (bicyclic) bond motifs is 1. The second kappa shape index (κ2) is 10.1. The maximum absolute atomic E-state index is 13.8. The molecule has 1 amide bonds. The number of carbonyl (C=O) groups is 1. The topological polar surface area (TPSA) is 67.6 Å². The number of carbonyl (C=O) groups excluding carboxylic acids is 1. The van der Waals surface area contributed by atoms with E-state index in [-0.39, 0.29) is 18.5 Å². The van der Waals surface area contributed by atoms with Crippen molar-refractivity contribution in [3.8, 4) is 0 Å². The van der Waals surface area contributed by atoms with E-state index in [9.17, 15) is 9.90 Å². The molecule has 166 valence electrons. The quantitative estimate of drug-likeness (QED) is 0.553. The van der Waals surface area contributed by atoms with Gasteiger partial charge in [-0.25, -0.2) is 4.98 Å². The van der Waals surface area contributed by atoms with E-state index in [1.165, 1.54) is 0 Å². The van der Waals surface area contributed by atoms with Gasteiger partial charge in [-0.05, 0) is 49.9 Å². The molecule has 0 aliphatic carbocycles. The van der Waals surface area contributed by atoms with Gasteiger partial charge in [0.25, 0.3) is 0 Å². The molecule has 1 aromatic heterocycles. The third-order valence-corrected chi connectivity index (χ3v) is 5.72. The van der Waals surface area contributed by atoms with Crippen LogP contribution >= 0.6 is 0 Å². The number of para-hydroxylation sites is 3. The first-order valence-electron chi connectivity index (χ1n) is 11.0. The molecule has 0 aliphatic heterocycles. The van der Waals surface area contributed by atoms with Crippen LogP contribution in [-0.4, -0.2) is 40.3 Å². The zero-order valence-corrected chi connectivity index (χ0v) is 19.1. The van der Waals surface area contributed by atoms with Crippen LogP contribution in [0.15, 0.2) is 42.5 Å². The van der Waals surface area contributed by atoms with Gasteiger partial charge in [0.1, 0.15) is 18.5 Å². The second-order valence-electron chi connectivity index (χ2n) is 7.97. The van der Waals surface area contributed by atoms with Crippen molar-refractivity contribution in [1.82, 2.24) is 9.55 Å².